The van der Waals surface area contributed by atoms with Crippen molar-refractivity contribution < 1.29 is 27.8 Å². The number of nitrogens with one attached hydrogen (secondary N) is 1. The fourth-order valence-corrected chi connectivity index (χ4v) is 5.73. The Hall–Kier alpha value is -3.60. The van der Waals surface area contributed by atoms with Crippen LogP contribution in [0.1, 0.15) is 25.8 Å². The molecule has 0 radical (unpaired) electrons. The Bertz CT molecular complexity index is 1280. The zero-order chi connectivity index (χ0) is 26.4. The molecule has 1 fully saturated rings. The summed E-state index contributed by atoms with van der Waals surface area (Å²) < 4.78 is 42.3. The molecule has 0 aliphatic carbocycles. The zero-order valence-corrected chi connectivity index (χ0v) is 20.4. The fourth-order valence-electron chi connectivity index (χ4n) is 4.56. The van der Waals surface area contributed by atoms with Crippen LogP contribution in [0.15, 0.2) is 28.2 Å². The van der Waals surface area contributed by atoms with Gasteiger partial charge < -0.3 is 24.6 Å². The quantitative estimate of drug-likeness (QED) is 0.614. The van der Waals surface area contributed by atoms with Crippen molar-refractivity contribution >= 4 is 35.0 Å². The van der Waals surface area contributed by atoms with Gasteiger partial charge in [-0.05, 0) is 31.4 Å². The number of pyridine rings is 2. The van der Waals surface area contributed by atoms with Crippen molar-refractivity contribution in [3.8, 4) is 11.8 Å². The molecule has 1 saturated heterocycles. The first-order valence-electron chi connectivity index (χ1n) is 11.0. The number of piperidine rings is 1. The molecular weight excluding hydrogens is 501 g/mol. The van der Waals surface area contributed by atoms with E-state index >= 15 is 0 Å². The van der Waals surface area contributed by atoms with Crippen LogP contribution in [0.5, 0.6) is 5.75 Å². The highest BCUT2D eigenvalue weighted by Crippen LogP contribution is 2.49. The van der Waals surface area contributed by atoms with Gasteiger partial charge >= 0.3 is 12.5 Å². The van der Waals surface area contributed by atoms with Crippen LogP contribution in [0, 0.1) is 17.2 Å². The second kappa shape index (κ2) is 9.45. The van der Waals surface area contributed by atoms with E-state index in [0.29, 0.717) is 41.7 Å². The average molecular weight is 525 g/mol. The second-order valence-electron chi connectivity index (χ2n) is 8.61. The lowest BCUT2D eigenvalue weighted by Crippen LogP contribution is -2.47. The van der Waals surface area contributed by atoms with E-state index in [1.165, 1.54) is 40.4 Å². The van der Waals surface area contributed by atoms with Crippen LogP contribution in [-0.2, 0) is 7.05 Å². The minimum absolute atomic E-state index is 0.0392. The highest BCUT2D eigenvalue weighted by Gasteiger charge is 2.41. The number of alkyl halides is 3. The highest BCUT2D eigenvalue weighted by molar-refractivity contribution is 8.00. The number of halogens is 3. The maximum absolute atomic E-state index is 12.9. The van der Waals surface area contributed by atoms with Gasteiger partial charge in [-0.2, -0.15) is 5.26 Å². The molecule has 192 valence electrons. The molecule has 1 unspecified atom stereocenters. The van der Waals surface area contributed by atoms with Crippen molar-refractivity contribution in [3.63, 3.8) is 0 Å². The van der Waals surface area contributed by atoms with E-state index in [4.69, 9.17) is 0 Å². The number of hydrogen-bond acceptors (Lipinski definition) is 8. The first kappa shape index (κ1) is 25.5. The number of carboxylic acid groups (broad SMARTS) is 1. The molecule has 36 heavy (non-hydrogen) atoms. The standard InChI is InChI=1S/C22H23F3N6O4S/c1-11-10-30(7-6-15(11)28-16-5-4-13(9-27-16)35-22(23,24)25)17-14(8-26)19(32)29(3)20-18(17)31(21(33)34)12(2)36-20/h4-5,9,11-12,15H,6-7,10H2,1-3H3,(H,27,28)(H,33,34)/t11-,12?,15+/m0/s1. The van der Waals surface area contributed by atoms with Crippen molar-refractivity contribution in [2.24, 2.45) is 13.0 Å². The molecule has 0 saturated carbocycles. The van der Waals surface area contributed by atoms with Gasteiger partial charge in [0.05, 0.1) is 17.3 Å². The predicted octanol–water partition coefficient (Wildman–Crippen LogP) is 3.81. The van der Waals surface area contributed by atoms with Gasteiger partial charge in [0, 0.05) is 26.2 Å². The van der Waals surface area contributed by atoms with Crippen LogP contribution in [0.3, 0.4) is 0 Å². The number of amides is 1. The molecule has 4 heterocycles. The van der Waals surface area contributed by atoms with Gasteiger partial charge in [-0.3, -0.25) is 9.69 Å². The number of nitriles is 1. The smallest absolute Gasteiger partial charge is 0.465 e. The van der Waals surface area contributed by atoms with Crippen LogP contribution in [-0.4, -0.2) is 51.6 Å². The van der Waals surface area contributed by atoms with E-state index in [1.54, 1.807) is 6.92 Å². The molecule has 2 N–H and O–H groups in total. The molecule has 0 aromatic carbocycles. The second-order valence-corrected chi connectivity index (χ2v) is 9.92. The van der Waals surface area contributed by atoms with Crippen molar-refractivity contribution in [1.29, 1.82) is 5.26 Å². The monoisotopic (exact) mass is 524 g/mol. The van der Waals surface area contributed by atoms with Crippen molar-refractivity contribution in [2.45, 2.75) is 43.1 Å². The van der Waals surface area contributed by atoms with Gasteiger partial charge in [0.2, 0.25) is 0 Å². The molecule has 14 heteroatoms. The van der Waals surface area contributed by atoms with Crippen LogP contribution in [0.4, 0.5) is 35.2 Å². The van der Waals surface area contributed by atoms with Crippen LogP contribution >= 0.6 is 11.8 Å². The van der Waals surface area contributed by atoms with Crippen molar-refractivity contribution in [2.75, 3.05) is 28.2 Å². The fraction of sp³-hybridized carbons (Fsp3) is 0.455. The molecule has 4 rings (SSSR count). The summed E-state index contributed by atoms with van der Waals surface area (Å²) in [6.07, 6.45) is -4.44. The normalized spacial score (nSPS) is 21.6. The third-order valence-corrected chi connectivity index (χ3v) is 7.46. The SMILES string of the molecule is CC1Sc2c(c(N3CC[C@@H](Nc4ccc(OC(F)(F)F)cn4)[C@@H](C)C3)c(C#N)c(=O)n2C)N1C(=O)O. The molecule has 10 nitrogen and oxygen atoms in total. The van der Waals surface area contributed by atoms with Gasteiger partial charge in [-0.25, -0.2) is 9.78 Å². The molecular formula is C22H23F3N6O4S. The number of rotatable bonds is 4. The van der Waals surface area contributed by atoms with Crippen molar-refractivity contribution in [1.82, 2.24) is 9.55 Å². The summed E-state index contributed by atoms with van der Waals surface area (Å²) in [7, 11) is 1.52. The number of anilines is 3. The highest BCUT2D eigenvalue weighted by atomic mass is 32.2. The first-order chi connectivity index (χ1) is 16.9. The molecule has 2 aliphatic heterocycles. The van der Waals surface area contributed by atoms with E-state index in [-0.39, 0.29) is 17.5 Å². The van der Waals surface area contributed by atoms with E-state index in [0.717, 1.165) is 6.20 Å². The molecule has 0 spiro atoms. The summed E-state index contributed by atoms with van der Waals surface area (Å²) in [6.45, 7) is 4.49. The summed E-state index contributed by atoms with van der Waals surface area (Å²) >= 11 is 1.24. The van der Waals surface area contributed by atoms with Gasteiger partial charge in [-0.1, -0.05) is 18.7 Å². The van der Waals surface area contributed by atoms with Gasteiger partial charge in [0.25, 0.3) is 5.56 Å². The Balaban J connectivity index is 1.58. The van der Waals surface area contributed by atoms with Gasteiger partial charge in [0.1, 0.15) is 33.9 Å². The number of aromatic nitrogens is 2. The number of fused-ring (bicyclic) bond motifs is 1. The minimum Gasteiger partial charge on any atom is -0.465 e. The number of nitrogens with zero attached hydrogens (tertiary/aromatic N) is 5. The Labute approximate surface area is 208 Å². The lowest BCUT2D eigenvalue weighted by Gasteiger charge is -2.40. The van der Waals surface area contributed by atoms with Crippen LogP contribution in [0.25, 0.3) is 0 Å². The van der Waals surface area contributed by atoms with Gasteiger partial charge in [0.15, 0.2) is 0 Å². The molecule has 2 aliphatic rings. The Morgan fingerprint density at radius 3 is 2.61 bits per heavy atom. The number of thioether (sulfide) groups is 1. The Kier molecular flexibility index (Phi) is 6.70. The summed E-state index contributed by atoms with van der Waals surface area (Å²) in [6, 6.07) is 4.44. The van der Waals surface area contributed by atoms with E-state index in [9.17, 15) is 33.1 Å². The van der Waals surface area contributed by atoms with E-state index < -0.39 is 29.1 Å². The summed E-state index contributed by atoms with van der Waals surface area (Å²) in [5, 5.41) is 22.9. The van der Waals surface area contributed by atoms with Gasteiger partial charge in [-0.15, -0.1) is 13.2 Å². The number of hydrogen-bond donors (Lipinski definition) is 2. The molecule has 1 amide bonds. The molecule has 3 atom stereocenters. The lowest BCUT2D eigenvalue weighted by atomic mass is 9.92. The van der Waals surface area contributed by atoms with Crippen molar-refractivity contribution in [3.05, 3.63) is 34.2 Å². The number of ether oxygens (including phenoxy) is 1. The topological polar surface area (TPSA) is 124 Å². The summed E-state index contributed by atoms with van der Waals surface area (Å²) in [4.78, 5) is 32.0. The zero-order valence-electron chi connectivity index (χ0n) is 19.5. The predicted molar refractivity (Wildman–Crippen MR) is 127 cm³/mol. The molecule has 0 bridgehead atoms. The summed E-state index contributed by atoms with van der Waals surface area (Å²) in [5.41, 5.74) is 0.0419. The number of carbonyl (C=O) groups is 1. The van der Waals surface area contributed by atoms with E-state index in [1.807, 2.05) is 17.9 Å². The van der Waals surface area contributed by atoms with Crippen LogP contribution < -0.4 is 25.4 Å². The Morgan fingerprint density at radius 2 is 2.06 bits per heavy atom. The van der Waals surface area contributed by atoms with E-state index in [2.05, 4.69) is 15.0 Å². The third-order valence-electron chi connectivity index (χ3n) is 6.22. The Morgan fingerprint density at radius 1 is 1.33 bits per heavy atom. The maximum Gasteiger partial charge on any atom is 0.573 e. The summed E-state index contributed by atoms with van der Waals surface area (Å²) in [5.74, 6) is -0.0819. The lowest BCUT2D eigenvalue weighted by molar-refractivity contribution is -0.274. The third kappa shape index (κ3) is 4.75. The maximum atomic E-state index is 12.9. The molecule has 2 aromatic heterocycles. The first-order valence-corrected chi connectivity index (χ1v) is 11.9. The minimum atomic E-state index is -4.80. The average Bonchev–Trinajstić information content (AvgIpc) is 3.14. The van der Waals surface area contributed by atoms with Crippen LogP contribution in [0.2, 0.25) is 0 Å². The largest absolute Gasteiger partial charge is 0.573 e. The molecule has 2 aromatic rings.